The van der Waals surface area contributed by atoms with Crippen molar-refractivity contribution in [3.63, 3.8) is 0 Å². The lowest BCUT2D eigenvalue weighted by Gasteiger charge is -2.19. The van der Waals surface area contributed by atoms with E-state index in [1.54, 1.807) is 12.1 Å². The second kappa shape index (κ2) is 13.3. The van der Waals surface area contributed by atoms with Crippen molar-refractivity contribution in [1.82, 2.24) is 14.9 Å². The van der Waals surface area contributed by atoms with Gasteiger partial charge in [0.2, 0.25) is 0 Å². The Hall–Kier alpha value is -3.56. The number of halogens is 1. The second-order valence-corrected chi connectivity index (χ2v) is 9.91. The zero-order chi connectivity index (χ0) is 27.8. The fraction of sp³-hybridized carbons (Fsp3) is 0.414. The molecule has 0 saturated carbocycles. The van der Waals surface area contributed by atoms with Crippen LogP contribution >= 0.6 is 0 Å². The number of amides is 1. The Morgan fingerprint density at radius 2 is 1.68 bits per heavy atom. The number of hydrogen-bond donors (Lipinski definition) is 3. The molecule has 0 bridgehead atoms. The van der Waals surface area contributed by atoms with Gasteiger partial charge in [-0.05, 0) is 54.5 Å². The monoisotopic (exact) mass is 524 g/mol. The predicted molar refractivity (Wildman–Crippen MR) is 140 cm³/mol. The number of carboxylic acid groups (broad SMARTS) is 1. The van der Waals surface area contributed by atoms with E-state index in [2.05, 4.69) is 10.3 Å². The summed E-state index contributed by atoms with van der Waals surface area (Å²) in [6, 6.07) is 15.6. The lowest BCUT2D eigenvalue weighted by molar-refractivity contribution is -0.307. The van der Waals surface area contributed by atoms with Crippen molar-refractivity contribution in [3.8, 4) is 11.4 Å². The van der Waals surface area contributed by atoms with Gasteiger partial charge in [-0.2, -0.15) is 0 Å². The number of nitrogens with zero attached hydrogens (tertiary/aromatic N) is 2. The number of hydrogen-bond acceptors (Lipinski definition) is 6. The predicted octanol–water partition coefficient (Wildman–Crippen LogP) is 2.99. The first-order valence-electron chi connectivity index (χ1n) is 12.8. The number of aromatic nitrogens is 2. The molecule has 1 amide bonds. The van der Waals surface area contributed by atoms with Crippen molar-refractivity contribution in [2.75, 3.05) is 6.54 Å². The van der Waals surface area contributed by atoms with Gasteiger partial charge in [-0.3, -0.25) is 4.79 Å². The minimum absolute atomic E-state index is 0.0869. The molecule has 0 aliphatic heterocycles. The van der Waals surface area contributed by atoms with E-state index in [0.29, 0.717) is 23.6 Å². The van der Waals surface area contributed by atoms with E-state index in [0.717, 1.165) is 5.56 Å². The van der Waals surface area contributed by atoms with Crippen molar-refractivity contribution in [2.24, 2.45) is 0 Å². The van der Waals surface area contributed by atoms with Crippen molar-refractivity contribution in [3.05, 3.63) is 77.4 Å². The highest BCUT2D eigenvalue weighted by atomic mass is 19.1. The number of carbonyl (C=O) groups is 2. The van der Waals surface area contributed by atoms with Crippen LogP contribution in [0.5, 0.6) is 0 Å². The van der Waals surface area contributed by atoms with Gasteiger partial charge in [0.15, 0.2) is 0 Å². The molecule has 3 rings (SSSR count). The summed E-state index contributed by atoms with van der Waals surface area (Å²) in [5.41, 5.74) is 2.63. The lowest BCUT2D eigenvalue weighted by atomic mass is 10.0. The van der Waals surface area contributed by atoms with Crippen molar-refractivity contribution in [1.29, 1.82) is 0 Å². The molecule has 0 radical (unpaired) electrons. The maximum atomic E-state index is 13.6. The summed E-state index contributed by atoms with van der Waals surface area (Å²) in [6.45, 7) is 6.56. The average molecular weight is 525 g/mol. The minimum Gasteiger partial charge on any atom is -0.550 e. The highest BCUT2D eigenvalue weighted by Gasteiger charge is 2.26. The molecule has 3 N–H and O–H groups in total. The Morgan fingerprint density at radius 3 is 2.29 bits per heavy atom. The number of benzene rings is 2. The number of imidazole rings is 1. The fourth-order valence-electron chi connectivity index (χ4n) is 4.48. The van der Waals surface area contributed by atoms with Crippen LogP contribution in [0.2, 0.25) is 0 Å². The van der Waals surface area contributed by atoms with Gasteiger partial charge < -0.3 is 30.0 Å². The zero-order valence-corrected chi connectivity index (χ0v) is 21.9. The van der Waals surface area contributed by atoms with E-state index in [1.807, 2.05) is 55.7 Å². The molecule has 0 aliphatic carbocycles. The molecule has 204 valence electrons. The number of nitrogens with one attached hydrogen (secondary N) is 1. The van der Waals surface area contributed by atoms with Crippen molar-refractivity contribution < 1.29 is 29.3 Å². The summed E-state index contributed by atoms with van der Waals surface area (Å²) in [4.78, 5) is 28.8. The Bertz CT molecular complexity index is 1210. The number of aliphatic hydroxyl groups excluding tert-OH is 2. The standard InChI is InChI=1S/C29H36FN3O5/c1-18(2)27-26(29(38)31-17-19(3)20-7-5-4-6-8-20)32-28(21-9-11-22(30)12-10-21)33(27)14-13-23(34)15-24(35)16-25(36)37/h4-12,18-19,23-24,34-35H,13-17H2,1-3H3,(H,31,38)(H,36,37)/p-1/t19-,23+,24+/m0/s1. The zero-order valence-electron chi connectivity index (χ0n) is 21.9. The van der Waals surface area contributed by atoms with Crippen LogP contribution in [0.4, 0.5) is 4.39 Å². The molecule has 0 saturated heterocycles. The van der Waals surface area contributed by atoms with Crippen LogP contribution in [0.3, 0.4) is 0 Å². The van der Waals surface area contributed by atoms with E-state index in [4.69, 9.17) is 0 Å². The summed E-state index contributed by atoms with van der Waals surface area (Å²) < 4.78 is 15.5. The Labute approximate surface area is 222 Å². The molecule has 38 heavy (non-hydrogen) atoms. The molecule has 1 heterocycles. The highest BCUT2D eigenvalue weighted by Crippen LogP contribution is 2.29. The van der Waals surface area contributed by atoms with E-state index in [1.165, 1.54) is 12.1 Å². The SMILES string of the molecule is CC(C)c1c(C(=O)NC[C@H](C)c2ccccc2)nc(-c2ccc(F)cc2)n1CC[C@@H](O)C[C@@H](O)CC(=O)[O-]. The van der Waals surface area contributed by atoms with Crippen LogP contribution in [-0.4, -0.2) is 50.4 Å². The minimum atomic E-state index is -1.39. The van der Waals surface area contributed by atoms with E-state index in [9.17, 15) is 29.3 Å². The number of aliphatic hydroxyl groups is 2. The van der Waals surface area contributed by atoms with Crippen LogP contribution < -0.4 is 10.4 Å². The molecule has 3 atom stereocenters. The van der Waals surface area contributed by atoms with Crippen LogP contribution in [0.1, 0.15) is 73.6 Å². The van der Waals surface area contributed by atoms with Crippen LogP contribution in [0, 0.1) is 5.82 Å². The normalized spacial score (nSPS) is 13.8. The van der Waals surface area contributed by atoms with Crippen LogP contribution in [0.15, 0.2) is 54.6 Å². The first kappa shape index (κ1) is 29.0. The van der Waals surface area contributed by atoms with Crippen molar-refractivity contribution in [2.45, 2.75) is 70.6 Å². The fourth-order valence-corrected chi connectivity index (χ4v) is 4.48. The van der Waals surface area contributed by atoms with Crippen LogP contribution in [-0.2, 0) is 11.3 Å². The first-order valence-corrected chi connectivity index (χ1v) is 12.8. The Morgan fingerprint density at radius 1 is 1.03 bits per heavy atom. The molecule has 0 spiro atoms. The molecule has 9 heteroatoms. The molecule has 3 aromatic rings. The summed E-state index contributed by atoms with van der Waals surface area (Å²) in [5, 5.41) is 34.0. The van der Waals surface area contributed by atoms with Gasteiger partial charge in [0.1, 0.15) is 17.3 Å². The maximum Gasteiger partial charge on any atom is 0.271 e. The van der Waals surface area contributed by atoms with Crippen molar-refractivity contribution >= 4 is 11.9 Å². The second-order valence-electron chi connectivity index (χ2n) is 9.91. The lowest BCUT2D eigenvalue weighted by Crippen LogP contribution is -2.30. The molecular weight excluding hydrogens is 489 g/mol. The summed E-state index contributed by atoms with van der Waals surface area (Å²) in [5.74, 6) is -1.69. The van der Waals surface area contributed by atoms with E-state index >= 15 is 0 Å². The van der Waals surface area contributed by atoms with Gasteiger partial charge in [-0.1, -0.05) is 51.1 Å². The molecule has 0 unspecified atom stereocenters. The Kier molecular flexibility index (Phi) is 10.2. The summed E-state index contributed by atoms with van der Waals surface area (Å²) in [6.07, 6.45) is -2.73. The third-order valence-electron chi connectivity index (χ3n) is 6.44. The number of carboxylic acids is 1. The van der Waals surface area contributed by atoms with Gasteiger partial charge in [-0.15, -0.1) is 0 Å². The van der Waals surface area contributed by atoms with Gasteiger partial charge in [0, 0.05) is 31.0 Å². The van der Waals surface area contributed by atoms with Gasteiger partial charge in [-0.25, -0.2) is 9.37 Å². The molecule has 1 aromatic heterocycles. The highest BCUT2D eigenvalue weighted by molar-refractivity contribution is 5.94. The van der Waals surface area contributed by atoms with Gasteiger partial charge in [0.25, 0.3) is 5.91 Å². The largest absolute Gasteiger partial charge is 0.550 e. The maximum absolute atomic E-state index is 13.6. The number of rotatable bonds is 13. The third-order valence-corrected chi connectivity index (χ3v) is 6.44. The Balaban J connectivity index is 1.88. The summed E-state index contributed by atoms with van der Waals surface area (Å²) >= 11 is 0. The molecule has 2 aromatic carbocycles. The number of carbonyl (C=O) groups excluding carboxylic acids is 2. The average Bonchev–Trinajstić information content (AvgIpc) is 3.26. The first-order chi connectivity index (χ1) is 18.1. The van der Waals surface area contributed by atoms with E-state index < -0.39 is 30.4 Å². The van der Waals surface area contributed by atoms with E-state index in [-0.39, 0.29) is 42.8 Å². The molecule has 0 aliphatic rings. The smallest absolute Gasteiger partial charge is 0.271 e. The quantitative estimate of drug-likeness (QED) is 0.316. The summed E-state index contributed by atoms with van der Waals surface area (Å²) in [7, 11) is 0. The van der Waals surface area contributed by atoms with Gasteiger partial charge in [0.05, 0.1) is 17.9 Å². The third kappa shape index (κ3) is 7.72. The topological polar surface area (TPSA) is 128 Å². The molecular formula is C29H35FN3O5-. The molecule has 0 fully saturated rings. The molecule has 8 nitrogen and oxygen atoms in total. The van der Waals surface area contributed by atoms with Gasteiger partial charge >= 0.3 is 0 Å². The van der Waals surface area contributed by atoms with Crippen LogP contribution in [0.25, 0.3) is 11.4 Å². The number of aliphatic carboxylic acids is 1.